The molecule has 126 valence electrons. The SMILES string of the molecule is COc1ccc(C2=CCN(Cc3ccccc3)C(C)C2)cc1OC. The molecule has 3 rings (SSSR count). The topological polar surface area (TPSA) is 21.7 Å². The molecule has 0 amide bonds. The van der Waals surface area contributed by atoms with Gasteiger partial charge in [0.2, 0.25) is 0 Å². The summed E-state index contributed by atoms with van der Waals surface area (Å²) in [5, 5.41) is 0. The second kappa shape index (κ2) is 7.54. The molecular formula is C21H25NO2. The lowest BCUT2D eigenvalue weighted by Gasteiger charge is -2.33. The van der Waals surface area contributed by atoms with E-state index in [1.165, 1.54) is 16.7 Å². The van der Waals surface area contributed by atoms with Crippen molar-refractivity contribution in [2.24, 2.45) is 0 Å². The van der Waals surface area contributed by atoms with Crippen LogP contribution in [0.15, 0.2) is 54.6 Å². The fourth-order valence-electron chi connectivity index (χ4n) is 3.25. The van der Waals surface area contributed by atoms with E-state index in [0.29, 0.717) is 6.04 Å². The maximum Gasteiger partial charge on any atom is 0.161 e. The van der Waals surface area contributed by atoms with Crippen molar-refractivity contribution in [1.82, 2.24) is 4.90 Å². The molecule has 0 saturated carbocycles. The number of benzene rings is 2. The van der Waals surface area contributed by atoms with E-state index >= 15 is 0 Å². The van der Waals surface area contributed by atoms with Crippen LogP contribution in [0, 0.1) is 0 Å². The molecule has 3 heteroatoms. The summed E-state index contributed by atoms with van der Waals surface area (Å²) in [6.45, 7) is 4.27. The smallest absolute Gasteiger partial charge is 0.161 e. The molecule has 0 N–H and O–H groups in total. The maximum atomic E-state index is 5.43. The fraction of sp³-hybridized carbons (Fsp3) is 0.333. The molecule has 1 unspecified atom stereocenters. The lowest BCUT2D eigenvalue weighted by molar-refractivity contribution is 0.218. The van der Waals surface area contributed by atoms with Gasteiger partial charge in [-0.2, -0.15) is 0 Å². The highest BCUT2D eigenvalue weighted by Gasteiger charge is 2.21. The zero-order valence-corrected chi connectivity index (χ0v) is 14.7. The Morgan fingerprint density at radius 2 is 1.75 bits per heavy atom. The van der Waals surface area contributed by atoms with Gasteiger partial charge in [0, 0.05) is 19.1 Å². The first-order chi connectivity index (χ1) is 11.7. The third kappa shape index (κ3) is 3.62. The Hall–Kier alpha value is -2.26. The van der Waals surface area contributed by atoms with Gasteiger partial charge >= 0.3 is 0 Å². The Kier molecular flexibility index (Phi) is 5.21. The quantitative estimate of drug-likeness (QED) is 0.815. The van der Waals surface area contributed by atoms with Gasteiger partial charge < -0.3 is 9.47 Å². The molecule has 0 saturated heterocycles. The molecule has 0 radical (unpaired) electrons. The predicted octanol–water partition coefficient (Wildman–Crippen LogP) is 4.38. The third-order valence-corrected chi connectivity index (χ3v) is 4.69. The largest absolute Gasteiger partial charge is 0.493 e. The number of ether oxygens (including phenoxy) is 2. The molecule has 0 aliphatic carbocycles. The zero-order chi connectivity index (χ0) is 16.9. The molecule has 0 fully saturated rings. The Bertz CT molecular complexity index is 709. The van der Waals surface area contributed by atoms with Crippen molar-refractivity contribution in [3.63, 3.8) is 0 Å². The summed E-state index contributed by atoms with van der Waals surface area (Å²) in [6.07, 6.45) is 3.38. The van der Waals surface area contributed by atoms with Gasteiger partial charge in [-0.3, -0.25) is 4.90 Å². The van der Waals surface area contributed by atoms with Crippen LogP contribution in [0.2, 0.25) is 0 Å². The monoisotopic (exact) mass is 323 g/mol. The van der Waals surface area contributed by atoms with Crippen molar-refractivity contribution < 1.29 is 9.47 Å². The Morgan fingerprint density at radius 3 is 2.42 bits per heavy atom. The molecule has 1 heterocycles. The van der Waals surface area contributed by atoms with Crippen LogP contribution in [0.5, 0.6) is 11.5 Å². The van der Waals surface area contributed by atoms with Crippen LogP contribution >= 0.6 is 0 Å². The van der Waals surface area contributed by atoms with E-state index in [-0.39, 0.29) is 0 Å². The van der Waals surface area contributed by atoms with Crippen LogP contribution in [0.25, 0.3) is 5.57 Å². The van der Waals surface area contributed by atoms with Crippen LogP contribution in [-0.2, 0) is 6.54 Å². The molecule has 0 bridgehead atoms. The Balaban J connectivity index is 1.75. The third-order valence-electron chi connectivity index (χ3n) is 4.69. The van der Waals surface area contributed by atoms with E-state index in [0.717, 1.165) is 31.0 Å². The molecule has 1 aliphatic rings. The number of hydrogen-bond donors (Lipinski definition) is 0. The second-order valence-corrected chi connectivity index (χ2v) is 6.27. The summed E-state index contributed by atoms with van der Waals surface area (Å²) in [5.41, 5.74) is 3.97. The Labute approximate surface area is 144 Å². The van der Waals surface area contributed by atoms with Gasteiger partial charge in [-0.05, 0) is 42.2 Å². The highest BCUT2D eigenvalue weighted by Crippen LogP contribution is 2.33. The molecule has 3 nitrogen and oxygen atoms in total. The van der Waals surface area contributed by atoms with Crippen molar-refractivity contribution in [1.29, 1.82) is 0 Å². The average molecular weight is 323 g/mol. The molecular weight excluding hydrogens is 298 g/mol. The molecule has 24 heavy (non-hydrogen) atoms. The van der Waals surface area contributed by atoms with Crippen molar-refractivity contribution >= 4 is 5.57 Å². The summed E-state index contributed by atoms with van der Waals surface area (Å²) in [5.74, 6) is 1.56. The van der Waals surface area contributed by atoms with Crippen LogP contribution in [-0.4, -0.2) is 31.7 Å². The van der Waals surface area contributed by atoms with Crippen LogP contribution in [0.3, 0.4) is 0 Å². The van der Waals surface area contributed by atoms with Gasteiger partial charge in [-0.15, -0.1) is 0 Å². The minimum atomic E-state index is 0.512. The van der Waals surface area contributed by atoms with Gasteiger partial charge in [-0.25, -0.2) is 0 Å². The molecule has 2 aromatic rings. The predicted molar refractivity (Wildman–Crippen MR) is 98.5 cm³/mol. The summed E-state index contributed by atoms with van der Waals surface area (Å²) < 4.78 is 10.8. The van der Waals surface area contributed by atoms with Gasteiger partial charge in [0.25, 0.3) is 0 Å². The highest BCUT2D eigenvalue weighted by molar-refractivity contribution is 5.69. The highest BCUT2D eigenvalue weighted by atomic mass is 16.5. The van der Waals surface area contributed by atoms with Gasteiger partial charge in [0.15, 0.2) is 11.5 Å². The molecule has 1 atom stereocenters. The molecule has 2 aromatic carbocycles. The van der Waals surface area contributed by atoms with Crippen molar-refractivity contribution in [2.45, 2.75) is 25.9 Å². The van der Waals surface area contributed by atoms with E-state index in [9.17, 15) is 0 Å². The standard InChI is InChI=1S/C21H25NO2/c1-16-13-19(18-9-10-20(23-2)21(14-18)24-3)11-12-22(16)15-17-7-5-4-6-8-17/h4-11,14,16H,12-13,15H2,1-3H3. The minimum Gasteiger partial charge on any atom is -0.493 e. The minimum absolute atomic E-state index is 0.512. The molecule has 1 aliphatic heterocycles. The van der Waals surface area contributed by atoms with E-state index in [1.54, 1.807) is 14.2 Å². The fourth-order valence-corrected chi connectivity index (χ4v) is 3.25. The molecule has 0 spiro atoms. The van der Waals surface area contributed by atoms with Crippen molar-refractivity contribution in [3.8, 4) is 11.5 Å². The van der Waals surface area contributed by atoms with E-state index in [2.05, 4.69) is 60.4 Å². The number of rotatable bonds is 5. The second-order valence-electron chi connectivity index (χ2n) is 6.27. The van der Waals surface area contributed by atoms with E-state index in [4.69, 9.17) is 9.47 Å². The van der Waals surface area contributed by atoms with Gasteiger partial charge in [0.1, 0.15) is 0 Å². The number of methoxy groups -OCH3 is 2. The van der Waals surface area contributed by atoms with Crippen LogP contribution in [0.1, 0.15) is 24.5 Å². The first kappa shape index (κ1) is 16.6. The first-order valence-electron chi connectivity index (χ1n) is 8.40. The zero-order valence-electron chi connectivity index (χ0n) is 14.7. The number of hydrogen-bond acceptors (Lipinski definition) is 3. The lowest BCUT2D eigenvalue weighted by atomic mass is 9.94. The average Bonchev–Trinajstić information content (AvgIpc) is 2.63. The summed E-state index contributed by atoms with van der Waals surface area (Å²) in [4.78, 5) is 2.51. The lowest BCUT2D eigenvalue weighted by Crippen LogP contribution is -2.35. The van der Waals surface area contributed by atoms with Crippen molar-refractivity contribution in [2.75, 3.05) is 20.8 Å². The molecule has 0 aromatic heterocycles. The number of nitrogens with zero attached hydrogens (tertiary/aromatic N) is 1. The van der Waals surface area contributed by atoms with E-state index in [1.807, 2.05) is 6.07 Å². The van der Waals surface area contributed by atoms with Gasteiger partial charge in [0.05, 0.1) is 14.2 Å². The van der Waals surface area contributed by atoms with Crippen LogP contribution in [0.4, 0.5) is 0 Å². The summed E-state index contributed by atoms with van der Waals surface area (Å²) in [7, 11) is 3.35. The normalized spacial score (nSPS) is 18.1. The van der Waals surface area contributed by atoms with E-state index < -0.39 is 0 Å². The maximum absolute atomic E-state index is 5.43. The summed E-state index contributed by atoms with van der Waals surface area (Å²) in [6, 6.07) is 17.4. The van der Waals surface area contributed by atoms with Gasteiger partial charge in [-0.1, -0.05) is 42.5 Å². The first-order valence-corrected chi connectivity index (χ1v) is 8.40. The Morgan fingerprint density at radius 1 is 1.00 bits per heavy atom. The van der Waals surface area contributed by atoms with Crippen molar-refractivity contribution in [3.05, 3.63) is 65.7 Å². The summed E-state index contributed by atoms with van der Waals surface area (Å²) >= 11 is 0. The van der Waals surface area contributed by atoms with Crippen LogP contribution < -0.4 is 9.47 Å².